The predicted molar refractivity (Wildman–Crippen MR) is 247 cm³/mol. The van der Waals surface area contributed by atoms with Gasteiger partial charge in [-0.2, -0.15) is 0 Å². The van der Waals surface area contributed by atoms with Crippen LogP contribution in [-0.4, -0.2) is 37.2 Å². The van der Waals surface area contributed by atoms with E-state index in [1.165, 1.54) is 186 Å². The van der Waals surface area contributed by atoms with Crippen LogP contribution in [0.5, 0.6) is 0 Å². The zero-order valence-corrected chi connectivity index (χ0v) is 39.5. The topological polar surface area (TPSA) is 78.9 Å². The van der Waals surface area contributed by atoms with Gasteiger partial charge in [-0.25, -0.2) is 0 Å². The normalized spacial score (nSPS) is 11.9. The Morgan fingerprint density at radius 2 is 0.569 bits per heavy atom. The average molecular weight is 821 g/mol. The monoisotopic (exact) mass is 821 g/mol. The fourth-order valence-electron chi connectivity index (χ4n) is 7.86. The molecule has 0 aromatic rings. The van der Waals surface area contributed by atoms with Gasteiger partial charge in [0.15, 0.2) is 6.10 Å². The second-order valence-electron chi connectivity index (χ2n) is 18.3. The lowest BCUT2D eigenvalue weighted by Crippen LogP contribution is -2.30. The van der Waals surface area contributed by atoms with Gasteiger partial charge in [0.1, 0.15) is 13.2 Å². The highest BCUT2D eigenvalue weighted by atomic mass is 16.6. The summed E-state index contributed by atoms with van der Waals surface area (Å²) in [6.45, 7) is 9.00. The standard InChI is InChI=1S/C52H100O6/c1-5-7-9-11-13-14-15-16-17-18-23-26-29-33-37-41-45-52(55)58-49(46-56-50(53)43-39-35-30-12-10-8-6-2)47-57-51(54)44-40-36-32-28-25-22-20-19-21-24-27-31-34-38-42-48(3)4/h48-49H,5-47H2,1-4H3/t49-/m0/s1. The van der Waals surface area contributed by atoms with E-state index in [-0.39, 0.29) is 31.1 Å². The molecule has 0 aromatic heterocycles. The van der Waals surface area contributed by atoms with E-state index in [9.17, 15) is 14.4 Å². The summed E-state index contributed by atoms with van der Waals surface area (Å²) in [5.74, 6) is -0.00592. The van der Waals surface area contributed by atoms with E-state index in [1.807, 2.05) is 0 Å². The Morgan fingerprint density at radius 3 is 0.845 bits per heavy atom. The summed E-state index contributed by atoms with van der Waals surface area (Å²) < 4.78 is 16.7. The van der Waals surface area contributed by atoms with Crippen LogP contribution in [0.15, 0.2) is 0 Å². The highest BCUT2D eigenvalue weighted by Gasteiger charge is 2.19. The summed E-state index contributed by atoms with van der Waals surface area (Å²) in [7, 11) is 0. The van der Waals surface area contributed by atoms with Gasteiger partial charge in [0, 0.05) is 19.3 Å². The molecule has 0 rings (SSSR count). The molecule has 0 N–H and O–H groups in total. The van der Waals surface area contributed by atoms with Gasteiger partial charge in [0.05, 0.1) is 0 Å². The third-order valence-electron chi connectivity index (χ3n) is 11.8. The van der Waals surface area contributed by atoms with Crippen LogP contribution >= 0.6 is 0 Å². The molecule has 0 heterocycles. The zero-order valence-electron chi connectivity index (χ0n) is 39.5. The van der Waals surface area contributed by atoms with Crippen molar-refractivity contribution in [1.29, 1.82) is 0 Å². The third kappa shape index (κ3) is 45.5. The maximum absolute atomic E-state index is 12.8. The number of unbranched alkanes of at least 4 members (excludes halogenated alkanes) is 34. The number of ether oxygens (including phenoxy) is 3. The fraction of sp³-hybridized carbons (Fsp3) is 0.942. The number of carbonyl (C=O) groups excluding carboxylic acids is 3. The lowest BCUT2D eigenvalue weighted by atomic mass is 10.0. The van der Waals surface area contributed by atoms with E-state index in [1.54, 1.807) is 0 Å². The summed E-state index contributed by atoms with van der Waals surface area (Å²) in [4.78, 5) is 37.8. The predicted octanol–water partition coefficient (Wildman–Crippen LogP) is 16.7. The number of hydrogen-bond acceptors (Lipinski definition) is 6. The van der Waals surface area contributed by atoms with E-state index < -0.39 is 6.10 Å². The first-order valence-electron chi connectivity index (χ1n) is 25.9. The summed E-state index contributed by atoms with van der Waals surface area (Å²) in [6.07, 6.45) is 48.1. The van der Waals surface area contributed by atoms with Crippen LogP contribution < -0.4 is 0 Å². The van der Waals surface area contributed by atoms with E-state index >= 15 is 0 Å². The first-order chi connectivity index (χ1) is 28.4. The molecule has 0 spiro atoms. The van der Waals surface area contributed by atoms with Gasteiger partial charge in [0.2, 0.25) is 0 Å². The maximum Gasteiger partial charge on any atom is 0.306 e. The van der Waals surface area contributed by atoms with Gasteiger partial charge in [-0.05, 0) is 25.2 Å². The van der Waals surface area contributed by atoms with E-state index in [0.29, 0.717) is 19.3 Å². The lowest BCUT2D eigenvalue weighted by Gasteiger charge is -2.18. The van der Waals surface area contributed by atoms with Crippen LogP contribution in [0.3, 0.4) is 0 Å². The van der Waals surface area contributed by atoms with Crippen molar-refractivity contribution in [3.8, 4) is 0 Å². The molecule has 344 valence electrons. The first-order valence-corrected chi connectivity index (χ1v) is 25.9. The van der Waals surface area contributed by atoms with Crippen LogP contribution in [0, 0.1) is 5.92 Å². The summed E-state index contributed by atoms with van der Waals surface area (Å²) in [5, 5.41) is 0. The molecule has 0 aromatic carbocycles. The molecule has 0 amide bonds. The zero-order chi connectivity index (χ0) is 42.4. The van der Waals surface area contributed by atoms with Crippen LogP contribution in [0.2, 0.25) is 0 Å². The number of rotatable bonds is 47. The molecular weight excluding hydrogens is 721 g/mol. The van der Waals surface area contributed by atoms with Gasteiger partial charge in [-0.15, -0.1) is 0 Å². The minimum Gasteiger partial charge on any atom is -0.462 e. The molecule has 0 fully saturated rings. The highest BCUT2D eigenvalue weighted by Crippen LogP contribution is 2.17. The maximum atomic E-state index is 12.8. The number of hydrogen-bond donors (Lipinski definition) is 0. The smallest absolute Gasteiger partial charge is 0.306 e. The van der Waals surface area contributed by atoms with Gasteiger partial charge in [-0.1, -0.05) is 252 Å². The van der Waals surface area contributed by atoms with Crippen LogP contribution in [0.4, 0.5) is 0 Å². The molecule has 0 saturated heterocycles. The molecule has 0 bridgehead atoms. The second-order valence-corrected chi connectivity index (χ2v) is 18.3. The van der Waals surface area contributed by atoms with Gasteiger partial charge in [0.25, 0.3) is 0 Å². The quantitative estimate of drug-likeness (QED) is 0.0346. The Morgan fingerprint density at radius 1 is 0.328 bits per heavy atom. The van der Waals surface area contributed by atoms with Crippen molar-refractivity contribution in [2.24, 2.45) is 5.92 Å². The molecule has 0 saturated carbocycles. The first kappa shape index (κ1) is 56.4. The van der Waals surface area contributed by atoms with E-state index in [2.05, 4.69) is 27.7 Å². The molecule has 6 nitrogen and oxygen atoms in total. The van der Waals surface area contributed by atoms with Gasteiger partial charge in [-0.3, -0.25) is 14.4 Å². The van der Waals surface area contributed by atoms with Crippen LogP contribution in [0.1, 0.15) is 291 Å². The Bertz CT molecular complexity index is 872. The SMILES string of the molecule is CCCCCCCCCCCCCCCCCCC(=O)O[C@@H](COC(=O)CCCCCCCCC)COC(=O)CCCCCCCCCCCCCCCCC(C)C. The van der Waals surface area contributed by atoms with E-state index in [4.69, 9.17) is 14.2 Å². The third-order valence-corrected chi connectivity index (χ3v) is 11.8. The van der Waals surface area contributed by atoms with Crippen LogP contribution in [0.25, 0.3) is 0 Å². The average Bonchev–Trinajstić information content (AvgIpc) is 3.21. The molecule has 1 atom stereocenters. The lowest BCUT2D eigenvalue weighted by molar-refractivity contribution is -0.167. The molecule has 0 aliphatic rings. The van der Waals surface area contributed by atoms with Crippen molar-refractivity contribution in [3.63, 3.8) is 0 Å². The van der Waals surface area contributed by atoms with Gasteiger partial charge >= 0.3 is 17.9 Å². The van der Waals surface area contributed by atoms with Crippen molar-refractivity contribution in [2.45, 2.75) is 297 Å². The van der Waals surface area contributed by atoms with Crippen LogP contribution in [-0.2, 0) is 28.6 Å². The minimum atomic E-state index is -0.759. The summed E-state index contributed by atoms with van der Waals surface area (Å²) in [6, 6.07) is 0. The van der Waals surface area contributed by atoms with Crippen molar-refractivity contribution in [2.75, 3.05) is 13.2 Å². The van der Waals surface area contributed by atoms with Crippen molar-refractivity contribution in [3.05, 3.63) is 0 Å². The summed E-state index contributed by atoms with van der Waals surface area (Å²) in [5.41, 5.74) is 0. The number of carbonyl (C=O) groups is 3. The molecular formula is C52H100O6. The van der Waals surface area contributed by atoms with Gasteiger partial charge < -0.3 is 14.2 Å². The Kier molecular flexibility index (Phi) is 45.2. The highest BCUT2D eigenvalue weighted by molar-refractivity contribution is 5.71. The molecule has 58 heavy (non-hydrogen) atoms. The largest absolute Gasteiger partial charge is 0.462 e. The Balaban J connectivity index is 4.19. The minimum absolute atomic E-state index is 0.0631. The van der Waals surface area contributed by atoms with Crippen molar-refractivity contribution >= 4 is 17.9 Å². The Labute approximate surface area is 361 Å². The molecule has 0 unspecified atom stereocenters. The van der Waals surface area contributed by atoms with Crippen molar-refractivity contribution < 1.29 is 28.6 Å². The second kappa shape index (κ2) is 46.5. The van der Waals surface area contributed by atoms with Crippen molar-refractivity contribution in [1.82, 2.24) is 0 Å². The summed E-state index contributed by atoms with van der Waals surface area (Å²) >= 11 is 0. The Hall–Kier alpha value is -1.59. The molecule has 0 radical (unpaired) electrons. The fourth-order valence-corrected chi connectivity index (χ4v) is 7.86. The van der Waals surface area contributed by atoms with E-state index in [0.717, 1.165) is 63.7 Å². The molecule has 6 heteroatoms. The number of esters is 3. The molecule has 0 aliphatic heterocycles. The molecule has 0 aliphatic carbocycles.